The Morgan fingerprint density at radius 3 is 2.42 bits per heavy atom. The summed E-state index contributed by atoms with van der Waals surface area (Å²) in [6, 6.07) is 18.0. The second kappa shape index (κ2) is 9.06. The molecule has 1 amide bonds. The largest absolute Gasteiger partial charge is 0.490 e. The molecule has 162 valence electrons. The van der Waals surface area contributed by atoms with Gasteiger partial charge in [0.15, 0.2) is 0 Å². The third kappa shape index (κ3) is 4.28. The molecule has 5 heteroatoms. The quantitative estimate of drug-likeness (QED) is 0.544. The smallest absolute Gasteiger partial charge is 0.235 e. The Bertz CT molecular complexity index is 1060. The summed E-state index contributed by atoms with van der Waals surface area (Å²) < 4.78 is 25.1. The van der Waals surface area contributed by atoms with Gasteiger partial charge in [-0.2, -0.15) is 0 Å². The Morgan fingerprint density at radius 2 is 1.74 bits per heavy atom. The normalized spacial score (nSPS) is 16.6. The second-order valence-corrected chi connectivity index (χ2v) is 8.15. The van der Waals surface area contributed by atoms with Gasteiger partial charge in [-0.05, 0) is 56.0 Å². The van der Waals surface area contributed by atoms with Crippen LogP contribution in [0.5, 0.6) is 5.75 Å². The predicted molar refractivity (Wildman–Crippen MR) is 121 cm³/mol. The molecular weight excluding hydrogens is 393 g/mol. The third-order valence-electron chi connectivity index (χ3n) is 6.21. The Kier molecular flexibility index (Phi) is 6.23. The number of fused-ring (bicyclic) bond motifs is 1. The highest BCUT2D eigenvalue weighted by Crippen LogP contribution is 2.38. The molecule has 0 radical (unpaired) electrons. The van der Waals surface area contributed by atoms with Crippen LogP contribution in [0.1, 0.15) is 38.7 Å². The molecule has 4 rings (SSSR count). The minimum absolute atomic E-state index is 0.0943. The molecule has 4 nitrogen and oxygen atoms in total. The van der Waals surface area contributed by atoms with Crippen molar-refractivity contribution in [3.05, 3.63) is 72.0 Å². The maximum atomic E-state index is 13.6. The van der Waals surface area contributed by atoms with Crippen molar-refractivity contribution in [2.24, 2.45) is 0 Å². The van der Waals surface area contributed by atoms with Gasteiger partial charge in [-0.15, -0.1) is 0 Å². The highest BCUT2D eigenvalue weighted by atomic mass is 19.1. The first-order valence-corrected chi connectivity index (χ1v) is 10.9. The number of benzene rings is 3. The van der Waals surface area contributed by atoms with Crippen LogP contribution in [0, 0.1) is 5.82 Å². The van der Waals surface area contributed by atoms with Crippen molar-refractivity contribution in [1.29, 1.82) is 0 Å². The van der Waals surface area contributed by atoms with Crippen LogP contribution >= 0.6 is 0 Å². The fourth-order valence-corrected chi connectivity index (χ4v) is 4.16. The van der Waals surface area contributed by atoms with Crippen LogP contribution in [0.2, 0.25) is 0 Å². The van der Waals surface area contributed by atoms with Gasteiger partial charge < -0.3 is 14.8 Å². The minimum Gasteiger partial charge on any atom is -0.490 e. The Balaban J connectivity index is 1.69. The molecule has 0 spiro atoms. The fraction of sp³-hybridized carbons (Fsp3) is 0.346. The van der Waals surface area contributed by atoms with Crippen molar-refractivity contribution in [3.8, 4) is 5.75 Å². The van der Waals surface area contributed by atoms with Gasteiger partial charge in [0.25, 0.3) is 0 Å². The van der Waals surface area contributed by atoms with E-state index >= 15 is 0 Å². The van der Waals surface area contributed by atoms with E-state index in [0.29, 0.717) is 26.1 Å². The summed E-state index contributed by atoms with van der Waals surface area (Å²) in [7, 11) is 0. The van der Waals surface area contributed by atoms with E-state index in [-0.39, 0.29) is 17.8 Å². The summed E-state index contributed by atoms with van der Waals surface area (Å²) in [5.74, 6) is 0.402. The predicted octanol–water partition coefficient (Wildman–Crippen LogP) is 5.84. The third-order valence-corrected chi connectivity index (χ3v) is 6.21. The first kappa shape index (κ1) is 21.3. The Morgan fingerprint density at radius 1 is 1.06 bits per heavy atom. The molecule has 0 saturated carbocycles. The van der Waals surface area contributed by atoms with Gasteiger partial charge in [0, 0.05) is 29.7 Å². The number of halogens is 1. The SMILES string of the molecule is CC[C@H](C)Oc1ccc(NC(=O)C2(c3ccc(F)cc3)CCOCC2)c2ccccc12. The molecule has 1 saturated heterocycles. The highest BCUT2D eigenvalue weighted by Gasteiger charge is 2.42. The van der Waals surface area contributed by atoms with Crippen LogP contribution in [0.4, 0.5) is 10.1 Å². The number of hydrogen-bond acceptors (Lipinski definition) is 3. The number of amides is 1. The fourth-order valence-electron chi connectivity index (χ4n) is 4.16. The zero-order chi connectivity index (χ0) is 21.8. The van der Waals surface area contributed by atoms with Crippen LogP contribution < -0.4 is 10.1 Å². The number of rotatable bonds is 6. The molecule has 0 aliphatic carbocycles. The molecule has 3 aromatic rings. The van der Waals surface area contributed by atoms with E-state index in [1.165, 1.54) is 12.1 Å². The van der Waals surface area contributed by atoms with Crippen molar-refractivity contribution in [2.45, 2.75) is 44.6 Å². The summed E-state index contributed by atoms with van der Waals surface area (Å²) in [5, 5.41) is 5.05. The van der Waals surface area contributed by atoms with Crippen molar-refractivity contribution in [2.75, 3.05) is 18.5 Å². The molecule has 1 N–H and O–H groups in total. The van der Waals surface area contributed by atoms with E-state index in [1.54, 1.807) is 12.1 Å². The van der Waals surface area contributed by atoms with Gasteiger partial charge in [0.05, 0.1) is 11.5 Å². The van der Waals surface area contributed by atoms with Gasteiger partial charge >= 0.3 is 0 Å². The topological polar surface area (TPSA) is 47.6 Å². The van der Waals surface area contributed by atoms with Crippen LogP contribution in [0.15, 0.2) is 60.7 Å². The minimum atomic E-state index is -0.751. The average molecular weight is 422 g/mol. The lowest BCUT2D eigenvalue weighted by molar-refractivity contribution is -0.125. The van der Waals surface area contributed by atoms with Crippen LogP contribution in [0.25, 0.3) is 10.8 Å². The molecule has 0 aromatic heterocycles. The van der Waals surface area contributed by atoms with Gasteiger partial charge in [-0.3, -0.25) is 4.79 Å². The molecule has 1 aliphatic rings. The maximum Gasteiger partial charge on any atom is 0.235 e. The number of ether oxygens (including phenoxy) is 2. The summed E-state index contributed by atoms with van der Waals surface area (Å²) in [6.07, 6.45) is 2.12. The van der Waals surface area contributed by atoms with Crippen molar-refractivity contribution >= 4 is 22.4 Å². The summed E-state index contributed by atoms with van der Waals surface area (Å²) in [6.45, 7) is 5.12. The molecular formula is C26H28FNO3. The van der Waals surface area contributed by atoms with Gasteiger partial charge in [0.2, 0.25) is 5.91 Å². The lowest BCUT2D eigenvalue weighted by Gasteiger charge is -2.36. The first-order valence-electron chi connectivity index (χ1n) is 10.9. The van der Waals surface area contributed by atoms with E-state index in [4.69, 9.17) is 9.47 Å². The molecule has 1 heterocycles. The van der Waals surface area contributed by atoms with Gasteiger partial charge in [0.1, 0.15) is 11.6 Å². The molecule has 1 atom stereocenters. The number of carbonyl (C=O) groups is 1. The van der Waals surface area contributed by atoms with E-state index in [1.807, 2.05) is 43.3 Å². The first-order chi connectivity index (χ1) is 15.0. The van der Waals surface area contributed by atoms with E-state index < -0.39 is 5.41 Å². The molecule has 3 aromatic carbocycles. The Labute approximate surface area is 182 Å². The standard InChI is InChI=1S/C26H28FNO3/c1-3-18(2)31-24-13-12-23(21-6-4-5-7-22(21)24)28-25(29)26(14-16-30-17-15-26)19-8-10-20(27)11-9-19/h4-13,18H,3,14-17H2,1-2H3,(H,28,29)/t18-/m0/s1. The van der Waals surface area contributed by atoms with Crippen molar-refractivity contribution in [1.82, 2.24) is 0 Å². The number of carbonyl (C=O) groups excluding carboxylic acids is 1. The molecule has 31 heavy (non-hydrogen) atoms. The average Bonchev–Trinajstić information content (AvgIpc) is 2.81. The lowest BCUT2D eigenvalue weighted by atomic mass is 9.73. The zero-order valence-electron chi connectivity index (χ0n) is 18.0. The van der Waals surface area contributed by atoms with Crippen LogP contribution in [-0.2, 0) is 14.9 Å². The summed E-state index contributed by atoms with van der Waals surface area (Å²) >= 11 is 0. The van der Waals surface area contributed by atoms with E-state index in [0.717, 1.165) is 34.2 Å². The number of hydrogen-bond donors (Lipinski definition) is 1. The maximum absolute atomic E-state index is 13.6. The monoisotopic (exact) mass is 421 g/mol. The summed E-state index contributed by atoms with van der Waals surface area (Å²) in [5.41, 5.74) is 0.805. The number of nitrogens with one attached hydrogen (secondary N) is 1. The highest BCUT2D eigenvalue weighted by molar-refractivity contribution is 6.07. The van der Waals surface area contributed by atoms with Crippen molar-refractivity contribution in [3.63, 3.8) is 0 Å². The van der Waals surface area contributed by atoms with E-state index in [2.05, 4.69) is 12.2 Å². The van der Waals surface area contributed by atoms with Crippen LogP contribution in [-0.4, -0.2) is 25.2 Å². The number of anilines is 1. The lowest BCUT2D eigenvalue weighted by Crippen LogP contribution is -2.44. The molecule has 0 bridgehead atoms. The molecule has 1 fully saturated rings. The van der Waals surface area contributed by atoms with E-state index in [9.17, 15) is 9.18 Å². The second-order valence-electron chi connectivity index (χ2n) is 8.15. The molecule has 0 unspecified atom stereocenters. The Hall–Kier alpha value is -2.92. The zero-order valence-corrected chi connectivity index (χ0v) is 18.0. The van der Waals surface area contributed by atoms with Crippen molar-refractivity contribution < 1.29 is 18.7 Å². The van der Waals surface area contributed by atoms with Crippen LogP contribution in [0.3, 0.4) is 0 Å². The summed E-state index contributed by atoms with van der Waals surface area (Å²) in [4.78, 5) is 13.6. The molecule has 1 aliphatic heterocycles. The van der Waals surface area contributed by atoms with Gasteiger partial charge in [-0.1, -0.05) is 43.3 Å². The van der Waals surface area contributed by atoms with Gasteiger partial charge in [-0.25, -0.2) is 4.39 Å².